The molecule has 2 aliphatic carbocycles. The minimum Gasteiger partial charge on any atom is -0.469 e. The lowest BCUT2D eigenvalue weighted by Gasteiger charge is -2.26. The van der Waals surface area contributed by atoms with Gasteiger partial charge in [0, 0.05) is 5.92 Å². The summed E-state index contributed by atoms with van der Waals surface area (Å²) in [5.41, 5.74) is 0.558. The Bertz CT molecular complexity index is 349. The average molecular weight is 204 g/mol. The number of furan rings is 1. The van der Waals surface area contributed by atoms with Crippen molar-refractivity contribution in [1.29, 1.82) is 0 Å². The normalized spacial score (nSPS) is 42.3. The first kappa shape index (κ1) is 9.50. The first-order valence-corrected chi connectivity index (χ1v) is 6.16. The van der Waals surface area contributed by atoms with E-state index in [4.69, 9.17) is 4.42 Å². The van der Waals surface area contributed by atoms with Crippen LogP contribution in [0.3, 0.4) is 0 Å². The monoisotopic (exact) mass is 204 g/mol. The molecule has 0 bridgehead atoms. The molecule has 1 nitrogen and oxygen atoms in total. The molecule has 0 spiro atoms. The van der Waals surface area contributed by atoms with E-state index in [9.17, 15) is 0 Å². The van der Waals surface area contributed by atoms with Crippen molar-refractivity contribution in [3.8, 4) is 0 Å². The fourth-order valence-electron chi connectivity index (χ4n) is 3.97. The lowest BCUT2D eigenvalue weighted by atomic mass is 9.78. The minimum absolute atomic E-state index is 0.558. The number of fused-ring (bicyclic) bond motifs is 1. The molecule has 2 saturated carbocycles. The third-order valence-electron chi connectivity index (χ3n) is 4.94. The minimum atomic E-state index is 0.558. The van der Waals surface area contributed by atoms with Crippen molar-refractivity contribution in [2.24, 2.45) is 23.2 Å². The van der Waals surface area contributed by atoms with Crippen LogP contribution in [0, 0.1) is 23.2 Å². The third-order valence-corrected chi connectivity index (χ3v) is 4.94. The summed E-state index contributed by atoms with van der Waals surface area (Å²) in [6.07, 6.45) is 4.62. The fourth-order valence-corrected chi connectivity index (χ4v) is 3.97. The highest BCUT2D eigenvalue weighted by Crippen LogP contribution is 2.70. The van der Waals surface area contributed by atoms with Gasteiger partial charge in [-0.3, -0.25) is 0 Å². The molecule has 1 heterocycles. The zero-order valence-electron chi connectivity index (χ0n) is 9.86. The van der Waals surface area contributed by atoms with Crippen molar-refractivity contribution in [3.05, 3.63) is 24.2 Å². The van der Waals surface area contributed by atoms with Gasteiger partial charge in [-0.2, -0.15) is 0 Å². The highest BCUT2D eigenvalue weighted by atomic mass is 16.3. The smallest absolute Gasteiger partial charge is 0.107 e. The van der Waals surface area contributed by atoms with Crippen LogP contribution in [0.4, 0.5) is 0 Å². The molecule has 0 radical (unpaired) electrons. The summed E-state index contributed by atoms with van der Waals surface area (Å²) >= 11 is 0. The van der Waals surface area contributed by atoms with Crippen molar-refractivity contribution < 1.29 is 4.42 Å². The molecule has 4 atom stereocenters. The molecule has 15 heavy (non-hydrogen) atoms. The molecule has 2 aliphatic rings. The number of rotatable bonds is 1. The summed E-state index contributed by atoms with van der Waals surface area (Å²) in [6.45, 7) is 7.24. The van der Waals surface area contributed by atoms with E-state index in [1.54, 1.807) is 0 Å². The molecule has 3 rings (SSSR count). The SMILES string of the molecule is C[C@H]1CC[C@@H]2[C@H]([C@@H]1c1ccco1)C2(C)C. The molecular formula is C14H20O. The van der Waals surface area contributed by atoms with Crippen LogP contribution in [0.5, 0.6) is 0 Å². The standard InChI is InChI=1S/C14H20O/c1-9-6-7-10-13(14(10,2)3)12(9)11-5-4-8-15-11/h4-5,8-10,12-13H,6-7H2,1-3H3/t9-,10+,12-,13+/m0/s1. The van der Waals surface area contributed by atoms with Crippen LogP contribution >= 0.6 is 0 Å². The van der Waals surface area contributed by atoms with E-state index in [0.717, 1.165) is 17.8 Å². The van der Waals surface area contributed by atoms with Crippen molar-refractivity contribution >= 4 is 0 Å². The summed E-state index contributed by atoms with van der Waals surface area (Å²) in [6, 6.07) is 4.19. The van der Waals surface area contributed by atoms with E-state index in [2.05, 4.69) is 26.8 Å². The lowest BCUT2D eigenvalue weighted by molar-refractivity contribution is 0.272. The van der Waals surface area contributed by atoms with Gasteiger partial charge in [-0.05, 0) is 48.1 Å². The average Bonchev–Trinajstić information content (AvgIpc) is 2.64. The maximum Gasteiger partial charge on any atom is 0.107 e. The Labute approximate surface area is 91.9 Å². The Kier molecular flexibility index (Phi) is 1.84. The van der Waals surface area contributed by atoms with Gasteiger partial charge in [0.1, 0.15) is 5.76 Å². The van der Waals surface area contributed by atoms with Gasteiger partial charge in [0.25, 0.3) is 0 Å². The van der Waals surface area contributed by atoms with E-state index in [0.29, 0.717) is 11.3 Å². The van der Waals surface area contributed by atoms with Crippen molar-refractivity contribution in [1.82, 2.24) is 0 Å². The molecule has 0 unspecified atom stereocenters. The van der Waals surface area contributed by atoms with Crippen molar-refractivity contribution in [3.63, 3.8) is 0 Å². The maximum absolute atomic E-state index is 5.63. The second-order valence-electron chi connectivity index (χ2n) is 6.05. The molecular weight excluding hydrogens is 184 g/mol. The van der Waals surface area contributed by atoms with E-state index in [1.165, 1.54) is 18.6 Å². The maximum atomic E-state index is 5.63. The van der Waals surface area contributed by atoms with Crippen LogP contribution in [0.15, 0.2) is 22.8 Å². The molecule has 0 amide bonds. The highest BCUT2D eigenvalue weighted by molar-refractivity contribution is 5.21. The van der Waals surface area contributed by atoms with Gasteiger partial charge in [0.05, 0.1) is 6.26 Å². The summed E-state index contributed by atoms with van der Waals surface area (Å²) in [5, 5.41) is 0. The topological polar surface area (TPSA) is 13.1 Å². The Morgan fingerprint density at radius 3 is 2.80 bits per heavy atom. The summed E-state index contributed by atoms with van der Waals surface area (Å²) in [5.74, 6) is 4.51. The predicted molar refractivity (Wildman–Crippen MR) is 60.6 cm³/mol. The first-order valence-electron chi connectivity index (χ1n) is 6.16. The molecule has 2 fully saturated rings. The van der Waals surface area contributed by atoms with Gasteiger partial charge in [-0.1, -0.05) is 20.8 Å². The summed E-state index contributed by atoms with van der Waals surface area (Å²) in [7, 11) is 0. The molecule has 0 aromatic carbocycles. The Morgan fingerprint density at radius 2 is 2.13 bits per heavy atom. The Balaban J connectivity index is 1.93. The Morgan fingerprint density at radius 1 is 1.33 bits per heavy atom. The van der Waals surface area contributed by atoms with Crippen molar-refractivity contribution in [2.75, 3.05) is 0 Å². The van der Waals surface area contributed by atoms with Crippen LogP contribution in [0.25, 0.3) is 0 Å². The second-order valence-corrected chi connectivity index (χ2v) is 6.05. The molecule has 0 saturated heterocycles. The van der Waals surface area contributed by atoms with Gasteiger partial charge in [-0.25, -0.2) is 0 Å². The van der Waals surface area contributed by atoms with Crippen LogP contribution in [0.1, 0.15) is 45.3 Å². The molecule has 1 aromatic heterocycles. The summed E-state index contributed by atoms with van der Waals surface area (Å²) < 4.78 is 5.63. The highest BCUT2D eigenvalue weighted by Gasteiger charge is 2.63. The molecule has 1 aromatic rings. The fraction of sp³-hybridized carbons (Fsp3) is 0.714. The van der Waals surface area contributed by atoms with Gasteiger partial charge in [0.15, 0.2) is 0 Å². The summed E-state index contributed by atoms with van der Waals surface area (Å²) in [4.78, 5) is 0. The van der Waals surface area contributed by atoms with E-state index in [-0.39, 0.29) is 0 Å². The Hall–Kier alpha value is -0.720. The van der Waals surface area contributed by atoms with Crippen LogP contribution in [0.2, 0.25) is 0 Å². The van der Waals surface area contributed by atoms with Gasteiger partial charge >= 0.3 is 0 Å². The molecule has 0 N–H and O–H groups in total. The van der Waals surface area contributed by atoms with Gasteiger partial charge in [0.2, 0.25) is 0 Å². The first-order chi connectivity index (χ1) is 7.12. The second kappa shape index (κ2) is 2.90. The number of hydrogen-bond acceptors (Lipinski definition) is 1. The number of hydrogen-bond donors (Lipinski definition) is 0. The van der Waals surface area contributed by atoms with Gasteiger partial charge < -0.3 is 4.42 Å². The molecule has 0 aliphatic heterocycles. The molecule has 1 heteroatoms. The van der Waals surface area contributed by atoms with Crippen molar-refractivity contribution in [2.45, 2.75) is 39.5 Å². The predicted octanol–water partition coefficient (Wildman–Crippen LogP) is 4.07. The third kappa shape index (κ3) is 1.22. The molecule has 82 valence electrons. The van der Waals surface area contributed by atoms with E-state index < -0.39 is 0 Å². The largest absolute Gasteiger partial charge is 0.469 e. The van der Waals surface area contributed by atoms with Crippen LogP contribution in [-0.4, -0.2) is 0 Å². The lowest BCUT2D eigenvalue weighted by Crippen LogP contribution is -2.17. The van der Waals surface area contributed by atoms with Crippen LogP contribution < -0.4 is 0 Å². The van der Waals surface area contributed by atoms with E-state index in [1.807, 2.05) is 12.3 Å². The van der Waals surface area contributed by atoms with Crippen LogP contribution in [-0.2, 0) is 0 Å². The quantitative estimate of drug-likeness (QED) is 0.672. The van der Waals surface area contributed by atoms with E-state index >= 15 is 0 Å². The van der Waals surface area contributed by atoms with Gasteiger partial charge in [-0.15, -0.1) is 0 Å². The zero-order valence-corrected chi connectivity index (χ0v) is 9.86. The zero-order chi connectivity index (χ0) is 10.6.